The highest BCUT2D eigenvalue weighted by molar-refractivity contribution is 5.91. The van der Waals surface area contributed by atoms with E-state index in [2.05, 4.69) is 22.3 Å². The molecule has 0 spiro atoms. The summed E-state index contributed by atoms with van der Waals surface area (Å²) in [7, 11) is 0. The number of nitrogens with zero attached hydrogens (tertiary/aromatic N) is 4. The van der Waals surface area contributed by atoms with Gasteiger partial charge in [-0.1, -0.05) is 48.5 Å². The highest BCUT2D eigenvalue weighted by Crippen LogP contribution is 2.08. The second-order valence-corrected chi connectivity index (χ2v) is 5.48. The molecule has 5 heteroatoms. The van der Waals surface area contributed by atoms with Crippen molar-refractivity contribution in [1.82, 2.24) is 19.9 Å². The molecule has 0 radical (unpaired) electrons. The number of aromatic nitrogens is 3. The molecule has 1 heterocycles. The van der Waals surface area contributed by atoms with Crippen LogP contribution >= 0.6 is 0 Å². The van der Waals surface area contributed by atoms with Crippen molar-refractivity contribution in [2.24, 2.45) is 0 Å². The van der Waals surface area contributed by atoms with Gasteiger partial charge in [-0.2, -0.15) is 9.90 Å². The van der Waals surface area contributed by atoms with Crippen molar-refractivity contribution in [3.05, 3.63) is 78.1 Å². The zero-order valence-electron chi connectivity index (χ0n) is 13.7. The van der Waals surface area contributed by atoms with Crippen molar-refractivity contribution in [3.63, 3.8) is 0 Å². The molecule has 0 atom stereocenters. The third-order valence-corrected chi connectivity index (χ3v) is 3.88. The Morgan fingerprint density at radius 1 is 1.04 bits per heavy atom. The highest BCUT2D eigenvalue weighted by Gasteiger charge is 2.18. The summed E-state index contributed by atoms with van der Waals surface area (Å²) < 4.78 is 0. The number of carbonyl (C=O) groups is 1. The fourth-order valence-electron chi connectivity index (χ4n) is 2.52. The maximum absolute atomic E-state index is 12.7. The third kappa shape index (κ3) is 3.68. The first-order valence-corrected chi connectivity index (χ1v) is 8.09. The standard InChI is InChI=1S/C19H20N4O/c1-2-22(14-13-16-9-5-3-6-10-16)19(24)18-15-20-23(21-18)17-11-7-4-8-12-17/h3-12,15H,2,13-14H2,1H3. The van der Waals surface area contributed by atoms with Crippen LogP contribution in [0.15, 0.2) is 66.9 Å². The summed E-state index contributed by atoms with van der Waals surface area (Å²) in [6.07, 6.45) is 2.35. The Morgan fingerprint density at radius 3 is 2.38 bits per heavy atom. The van der Waals surface area contributed by atoms with Crippen molar-refractivity contribution >= 4 is 5.91 Å². The van der Waals surface area contributed by atoms with E-state index in [1.807, 2.05) is 55.5 Å². The van der Waals surface area contributed by atoms with E-state index in [4.69, 9.17) is 0 Å². The Bertz CT molecular complexity index is 783. The van der Waals surface area contributed by atoms with Crippen LogP contribution in [0.4, 0.5) is 0 Å². The molecule has 122 valence electrons. The molecule has 24 heavy (non-hydrogen) atoms. The van der Waals surface area contributed by atoms with E-state index in [0.29, 0.717) is 18.8 Å². The molecular formula is C19H20N4O. The summed E-state index contributed by atoms with van der Waals surface area (Å²) in [5, 5.41) is 8.52. The van der Waals surface area contributed by atoms with Crippen LogP contribution in [0.2, 0.25) is 0 Å². The van der Waals surface area contributed by atoms with Crippen molar-refractivity contribution in [2.75, 3.05) is 13.1 Å². The van der Waals surface area contributed by atoms with Crippen LogP contribution < -0.4 is 0 Å². The third-order valence-electron chi connectivity index (χ3n) is 3.88. The van der Waals surface area contributed by atoms with Gasteiger partial charge in [0.15, 0.2) is 5.69 Å². The minimum Gasteiger partial charge on any atom is -0.337 e. The summed E-state index contributed by atoms with van der Waals surface area (Å²) in [4.78, 5) is 15.9. The van der Waals surface area contributed by atoms with Crippen molar-refractivity contribution in [3.8, 4) is 5.69 Å². The average molecular weight is 320 g/mol. The SMILES string of the molecule is CCN(CCc1ccccc1)C(=O)c1cnn(-c2ccccc2)n1. The van der Waals surface area contributed by atoms with E-state index < -0.39 is 0 Å². The van der Waals surface area contributed by atoms with Crippen molar-refractivity contribution < 1.29 is 4.79 Å². The smallest absolute Gasteiger partial charge is 0.276 e. The number of amides is 1. The van der Waals surface area contributed by atoms with Gasteiger partial charge in [-0.3, -0.25) is 4.79 Å². The number of rotatable bonds is 6. The van der Waals surface area contributed by atoms with Gasteiger partial charge in [-0.05, 0) is 31.0 Å². The fraction of sp³-hybridized carbons (Fsp3) is 0.211. The van der Waals surface area contributed by atoms with Crippen molar-refractivity contribution in [2.45, 2.75) is 13.3 Å². The maximum atomic E-state index is 12.7. The van der Waals surface area contributed by atoms with Crippen LogP contribution in [0.3, 0.4) is 0 Å². The molecule has 2 aromatic carbocycles. The summed E-state index contributed by atoms with van der Waals surface area (Å²) in [5.74, 6) is -0.0874. The Balaban J connectivity index is 1.69. The van der Waals surface area contributed by atoms with Gasteiger partial charge in [-0.25, -0.2) is 0 Å². The van der Waals surface area contributed by atoms with Gasteiger partial charge in [0, 0.05) is 13.1 Å². The minimum atomic E-state index is -0.0874. The number of hydrogen-bond acceptors (Lipinski definition) is 3. The van der Waals surface area contributed by atoms with Gasteiger partial charge in [0.2, 0.25) is 0 Å². The van der Waals surface area contributed by atoms with Crippen LogP contribution in [0.1, 0.15) is 23.0 Å². The quantitative estimate of drug-likeness (QED) is 0.701. The molecule has 3 rings (SSSR count). The fourth-order valence-corrected chi connectivity index (χ4v) is 2.52. The zero-order chi connectivity index (χ0) is 16.8. The molecule has 1 aromatic heterocycles. The summed E-state index contributed by atoms with van der Waals surface area (Å²) in [6.45, 7) is 3.28. The Kier molecular flexibility index (Phi) is 5.01. The molecule has 0 unspecified atom stereocenters. The Labute approximate surface area is 141 Å². The first-order chi connectivity index (χ1) is 11.8. The van der Waals surface area contributed by atoms with Gasteiger partial charge in [0.05, 0.1) is 11.9 Å². The average Bonchev–Trinajstić information content (AvgIpc) is 3.14. The number of likely N-dealkylation sites (N-methyl/N-ethyl adjacent to an activating group) is 1. The van der Waals surface area contributed by atoms with Crippen LogP contribution in [0.5, 0.6) is 0 Å². The van der Waals surface area contributed by atoms with Crippen molar-refractivity contribution in [1.29, 1.82) is 0 Å². The first kappa shape index (κ1) is 15.9. The molecule has 1 amide bonds. The second kappa shape index (κ2) is 7.55. The lowest BCUT2D eigenvalue weighted by Gasteiger charge is -2.19. The summed E-state index contributed by atoms with van der Waals surface area (Å²) in [6, 6.07) is 19.7. The summed E-state index contributed by atoms with van der Waals surface area (Å²) in [5.41, 5.74) is 2.43. The molecular weight excluding hydrogens is 300 g/mol. The molecule has 0 aliphatic heterocycles. The molecule has 0 aliphatic carbocycles. The number of carbonyl (C=O) groups excluding carboxylic acids is 1. The largest absolute Gasteiger partial charge is 0.337 e. The molecule has 0 saturated carbocycles. The van der Waals surface area contributed by atoms with Crippen LogP contribution in [0.25, 0.3) is 5.69 Å². The van der Waals surface area contributed by atoms with Gasteiger partial charge >= 0.3 is 0 Å². The monoisotopic (exact) mass is 320 g/mol. The highest BCUT2D eigenvalue weighted by atomic mass is 16.2. The topological polar surface area (TPSA) is 51.0 Å². The van der Waals surface area contributed by atoms with E-state index in [0.717, 1.165) is 12.1 Å². The lowest BCUT2D eigenvalue weighted by Crippen LogP contribution is -2.33. The number of benzene rings is 2. The lowest BCUT2D eigenvalue weighted by atomic mass is 10.1. The normalized spacial score (nSPS) is 10.5. The van der Waals surface area contributed by atoms with Crippen LogP contribution in [-0.4, -0.2) is 38.9 Å². The molecule has 0 aliphatic rings. The molecule has 0 fully saturated rings. The van der Waals surface area contributed by atoms with E-state index in [-0.39, 0.29) is 5.91 Å². The first-order valence-electron chi connectivity index (χ1n) is 8.09. The predicted octanol–water partition coefficient (Wildman–Crippen LogP) is 2.97. The molecule has 0 bridgehead atoms. The molecule has 3 aromatic rings. The van der Waals surface area contributed by atoms with Crippen LogP contribution in [-0.2, 0) is 6.42 Å². The minimum absolute atomic E-state index is 0.0874. The summed E-state index contributed by atoms with van der Waals surface area (Å²) >= 11 is 0. The van der Waals surface area contributed by atoms with Gasteiger partial charge < -0.3 is 4.90 Å². The van der Waals surface area contributed by atoms with Gasteiger partial charge in [-0.15, -0.1) is 5.10 Å². The Hall–Kier alpha value is -2.95. The maximum Gasteiger partial charge on any atom is 0.276 e. The molecule has 0 saturated heterocycles. The van der Waals surface area contributed by atoms with Crippen LogP contribution in [0, 0.1) is 0 Å². The second-order valence-electron chi connectivity index (χ2n) is 5.48. The van der Waals surface area contributed by atoms with E-state index in [1.54, 1.807) is 4.90 Å². The number of para-hydroxylation sites is 1. The van der Waals surface area contributed by atoms with Gasteiger partial charge in [0.1, 0.15) is 0 Å². The molecule has 0 N–H and O–H groups in total. The number of hydrogen-bond donors (Lipinski definition) is 0. The molecule has 5 nitrogen and oxygen atoms in total. The zero-order valence-corrected chi connectivity index (χ0v) is 13.7. The lowest BCUT2D eigenvalue weighted by molar-refractivity contribution is 0.0760. The van der Waals surface area contributed by atoms with E-state index in [1.165, 1.54) is 16.6 Å². The van der Waals surface area contributed by atoms with E-state index in [9.17, 15) is 4.79 Å². The van der Waals surface area contributed by atoms with E-state index >= 15 is 0 Å². The Morgan fingerprint density at radius 2 is 1.71 bits per heavy atom. The predicted molar refractivity (Wildman–Crippen MR) is 93.1 cm³/mol. The van der Waals surface area contributed by atoms with Gasteiger partial charge in [0.25, 0.3) is 5.91 Å².